The second-order valence-electron chi connectivity index (χ2n) is 7.66. The van der Waals surface area contributed by atoms with Crippen LogP contribution in [-0.2, 0) is 11.2 Å². The van der Waals surface area contributed by atoms with Crippen LogP contribution in [0.4, 0.5) is 0 Å². The molecule has 4 aromatic rings. The van der Waals surface area contributed by atoms with Crippen LogP contribution in [0.3, 0.4) is 0 Å². The number of benzene rings is 2. The molecule has 0 radical (unpaired) electrons. The van der Waals surface area contributed by atoms with Crippen LogP contribution in [0.1, 0.15) is 16.0 Å². The minimum Gasteiger partial charge on any atom is -0.508 e. The summed E-state index contributed by atoms with van der Waals surface area (Å²) in [5, 5.41) is 30.8. The lowest BCUT2D eigenvalue weighted by atomic mass is 10.1. The molecule has 1 aliphatic rings. The standard InChI is InChI=1S/C26H21N3O3S2/c30-18-7-3-16(4-8-18)14-24(32)29-26-25(23-12-11-22(34-23)21-2-1-13-33-21)28-20(15-27-26)17-5-9-19(31)10-6-17/h1-13,15,27-28,30-31H,14H2,(H,29,32). The van der Waals surface area contributed by atoms with Crippen molar-refractivity contribution < 1.29 is 15.0 Å². The van der Waals surface area contributed by atoms with Crippen LogP contribution >= 0.6 is 22.7 Å². The highest BCUT2D eigenvalue weighted by molar-refractivity contribution is 7.21. The Bertz CT molecular complexity index is 1370. The highest BCUT2D eigenvalue weighted by atomic mass is 32.1. The lowest BCUT2D eigenvalue weighted by Crippen LogP contribution is -2.36. The lowest BCUT2D eigenvalue weighted by Gasteiger charge is -2.24. The van der Waals surface area contributed by atoms with Gasteiger partial charge in [-0.05, 0) is 71.1 Å². The molecular weight excluding hydrogens is 466 g/mol. The van der Waals surface area contributed by atoms with Crippen molar-refractivity contribution in [1.82, 2.24) is 16.0 Å². The number of phenolic OH excluding ortho intramolecular Hbond substituents is 2. The summed E-state index contributed by atoms with van der Waals surface area (Å²) in [7, 11) is 0. The normalized spacial score (nSPS) is 13.1. The van der Waals surface area contributed by atoms with Crippen molar-refractivity contribution in [1.29, 1.82) is 0 Å². The Morgan fingerprint density at radius 2 is 1.56 bits per heavy atom. The van der Waals surface area contributed by atoms with Gasteiger partial charge in [0, 0.05) is 16.0 Å². The molecule has 0 spiro atoms. The summed E-state index contributed by atoms with van der Waals surface area (Å²) < 4.78 is 0. The molecule has 3 heterocycles. The number of rotatable bonds is 6. The molecule has 0 atom stereocenters. The second-order valence-corrected chi connectivity index (χ2v) is 9.69. The van der Waals surface area contributed by atoms with Gasteiger partial charge in [0.05, 0.1) is 22.7 Å². The Morgan fingerprint density at radius 3 is 2.26 bits per heavy atom. The zero-order chi connectivity index (χ0) is 23.5. The Labute approximate surface area is 204 Å². The highest BCUT2D eigenvalue weighted by Crippen LogP contribution is 2.35. The molecule has 6 nitrogen and oxygen atoms in total. The van der Waals surface area contributed by atoms with Crippen molar-refractivity contribution in [2.75, 3.05) is 0 Å². The van der Waals surface area contributed by atoms with Crippen molar-refractivity contribution >= 4 is 40.0 Å². The number of aromatic hydroxyl groups is 2. The molecule has 5 rings (SSSR count). The van der Waals surface area contributed by atoms with E-state index >= 15 is 0 Å². The maximum Gasteiger partial charge on any atom is 0.229 e. The zero-order valence-electron chi connectivity index (χ0n) is 17.9. The third-order valence-electron chi connectivity index (χ3n) is 5.23. The molecule has 0 saturated carbocycles. The van der Waals surface area contributed by atoms with Gasteiger partial charge in [0.2, 0.25) is 5.91 Å². The molecule has 0 saturated heterocycles. The third kappa shape index (κ3) is 4.83. The fourth-order valence-corrected chi connectivity index (χ4v) is 5.38. The van der Waals surface area contributed by atoms with E-state index in [-0.39, 0.29) is 23.8 Å². The smallest absolute Gasteiger partial charge is 0.229 e. The van der Waals surface area contributed by atoms with Crippen molar-refractivity contribution in [2.45, 2.75) is 6.42 Å². The molecule has 2 aromatic heterocycles. The van der Waals surface area contributed by atoms with E-state index in [9.17, 15) is 15.0 Å². The molecule has 8 heteroatoms. The summed E-state index contributed by atoms with van der Waals surface area (Å²) in [6.07, 6.45) is 1.97. The summed E-state index contributed by atoms with van der Waals surface area (Å²) in [5.74, 6) is 0.748. The number of hydrogen-bond donors (Lipinski definition) is 5. The van der Waals surface area contributed by atoms with Crippen LogP contribution in [0.25, 0.3) is 21.1 Å². The van der Waals surface area contributed by atoms with Crippen LogP contribution < -0.4 is 16.0 Å². The average molecular weight is 488 g/mol. The minimum absolute atomic E-state index is 0.165. The van der Waals surface area contributed by atoms with Crippen molar-refractivity contribution in [3.8, 4) is 21.3 Å². The van der Waals surface area contributed by atoms with E-state index < -0.39 is 0 Å². The SMILES string of the molecule is O=C(Cc1ccc(O)cc1)NC1=C(c2ccc(-c3cccs3)s2)NC(c2ccc(O)cc2)=CN1. The van der Waals surface area contributed by atoms with Gasteiger partial charge in [-0.3, -0.25) is 4.79 Å². The van der Waals surface area contributed by atoms with Gasteiger partial charge in [-0.2, -0.15) is 0 Å². The number of thiophene rings is 2. The Hall–Kier alpha value is -4.01. The Kier molecular flexibility index (Phi) is 6.07. The first-order valence-electron chi connectivity index (χ1n) is 10.5. The lowest BCUT2D eigenvalue weighted by molar-refractivity contribution is -0.119. The fourth-order valence-electron chi connectivity index (χ4n) is 3.54. The van der Waals surface area contributed by atoms with E-state index in [1.165, 1.54) is 4.88 Å². The van der Waals surface area contributed by atoms with Gasteiger partial charge in [0.1, 0.15) is 17.3 Å². The summed E-state index contributed by atoms with van der Waals surface area (Å²) in [4.78, 5) is 16.1. The molecule has 5 N–H and O–H groups in total. The quantitative estimate of drug-likeness (QED) is 0.262. The first kappa shape index (κ1) is 21.8. The topological polar surface area (TPSA) is 93.6 Å². The number of amides is 1. The number of carbonyl (C=O) groups is 1. The third-order valence-corrected chi connectivity index (χ3v) is 7.40. The maximum absolute atomic E-state index is 12.8. The van der Waals surface area contributed by atoms with Crippen LogP contribution in [-0.4, -0.2) is 16.1 Å². The predicted molar refractivity (Wildman–Crippen MR) is 137 cm³/mol. The largest absolute Gasteiger partial charge is 0.508 e. The van der Waals surface area contributed by atoms with E-state index in [2.05, 4.69) is 33.5 Å². The fraction of sp³-hybridized carbons (Fsp3) is 0.0385. The van der Waals surface area contributed by atoms with Gasteiger partial charge < -0.3 is 26.2 Å². The second kappa shape index (κ2) is 9.46. The van der Waals surface area contributed by atoms with Crippen LogP contribution in [0.2, 0.25) is 0 Å². The monoisotopic (exact) mass is 487 g/mol. The summed E-state index contributed by atoms with van der Waals surface area (Å²) in [6, 6.07) is 21.7. The zero-order valence-corrected chi connectivity index (χ0v) is 19.5. The first-order valence-corrected chi connectivity index (χ1v) is 12.2. The Morgan fingerprint density at radius 1 is 0.853 bits per heavy atom. The highest BCUT2D eigenvalue weighted by Gasteiger charge is 2.20. The van der Waals surface area contributed by atoms with Gasteiger partial charge in [0.25, 0.3) is 0 Å². The van der Waals surface area contributed by atoms with Crippen molar-refractivity contribution in [2.24, 2.45) is 0 Å². The molecule has 170 valence electrons. The van der Waals surface area contributed by atoms with Gasteiger partial charge in [0.15, 0.2) is 0 Å². The Balaban J connectivity index is 1.43. The van der Waals surface area contributed by atoms with E-state index in [1.807, 2.05) is 24.3 Å². The molecule has 0 fully saturated rings. The van der Waals surface area contributed by atoms with Crippen LogP contribution in [0.15, 0.2) is 90.2 Å². The van der Waals surface area contributed by atoms with E-state index in [4.69, 9.17) is 0 Å². The summed E-state index contributed by atoms with van der Waals surface area (Å²) >= 11 is 3.32. The molecule has 0 bridgehead atoms. The van der Waals surface area contributed by atoms with Crippen LogP contribution in [0.5, 0.6) is 11.5 Å². The number of hydrogen-bond acceptors (Lipinski definition) is 7. The molecule has 0 aliphatic carbocycles. The van der Waals surface area contributed by atoms with E-state index in [0.717, 1.165) is 32.3 Å². The van der Waals surface area contributed by atoms with Gasteiger partial charge in [-0.15, -0.1) is 22.7 Å². The van der Waals surface area contributed by atoms with Gasteiger partial charge >= 0.3 is 0 Å². The summed E-state index contributed by atoms with van der Waals surface area (Å²) in [6.45, 7) is 0. The average Bonchev–Trinajstić information content (AvgIpc) is 3.54. The predicted octanol–water partition coefficient (Wildman–Crippen LogP) is 5.06. The molecular formula is C26H21N3O3S2. The summed E-state index contributed by atoms with van der Waals surface area (Å²) in [5.41, 5.74) is 3.28. The number of phenols is 2. The molecule has 2 aromatic carbocycles. The maximum atomic E-state index is 12.8. The van der Waals surface area contributed by atoms with Gasteiger partial charge in [-0.25, -0.2) is 0 Å². The number of carbonyl (C=O) groups excluding carboxylic acids is 1. The molecule has 1 aliphatic heterocycles. The van der Waals surface area contributed by atoms with E-state index in [0.29, 0.717) is 5.82 Å². The molecule has 34 heavy (non-hydrogen) atoms. The van der Waals surface area contributed by atoms with Crippen molar-refractivity contribution in [3.63, 3.8) is 0 Å². The number of nitrogens with one attached hydrogen (secondary N) is 3. The molecule has 1 amide bonds. The van der Waals surface area contributed by atoms with Crippen LogP contribution in [0, 0.1) is 0 Å². The van der Waals surface area contributed by atoms with E-state index in [1.54, 1.807) is 65.3 Å². The minimum atomic E-state index is -0.177. The van der Waals surface area contributed by atoms with Crippen molar-refractivity contribution in [3.05, 3.63) is 106 Å². The molecule has 0 unspecified atom stereocenters. The first-order chi connectivity index (χ1) is 16.5. The van der Waals surface area contributed by atoms with Gasteiger partial charge in [-0.1, -0.05) is 18.2 Å².